The molecule has 3 rings (SSSR count). The van der Waals surface area contributed by atoms with E-state index in [1.807, 2.05) is 4.68 Å². The summed E-state index contributed by atoms with van der Waals surface area (Å²) in [6, 6.07) is 0. The zero-order valence-corrected chi connectivity index (χ0v) is 11.7. The highest BCUT2D eigenvalue weighted by Gasteiger charge is 2.50. The molecular weight excluding hydrogens is 220 g/mol. The fourth-order valence-electron chi connectivity index (χ4n) is 4.72. The third kappa shape index (κ3) is 2.08. The lowest BCUT2D eigenvalue weighted by atomic mass is 9.72. The standard InChI is InChI=1S/C16H28N2/c17-18-15-10-6-7-12-16(18,13-11-15)14-8-4-2-1-3-5-9-14/h14,17H,1-13H2. The van der Waals surface area contributed by atoms with Crippen molar-refractivity contribution in [3.05, 3.63) is 5.84 Å². The van der Waals surface area contributed by atoms with Crippen molar-refractivity contribution in [2.45, 2.75) is 89.0 Å². The molecule has 2 heterocycles. The van der Waals surface area contributed by atoms with E-state index in [4.69, 9.17) is 5.84 Å². The average Bonchev–Trinajstić information content (AvgIpc) is 2.50. The maximum absolute atomic E-state index is 8.59. The Labute approximate surface area is 112 Å². The molecule has 3 aliphatic rings. The Morgan fingerprint density at radius 3 is 2.33 bits per heavy atom. The lowest BCUT2D eigenvalue weighted by Crippen LogP contribution is -2.43. The predicted octanol–water partition coefficient (Wildman–Crippen LogP) is 4.87. The van der Waals surface area contributed by atoms with E-state index in [0.29, 0.717) is 0 Å². The number of rotatable bonds is 1. The van der Waals surface area contributed by atoms with Crippen molar-refractivity contribution in [1.82, 2.24) is 0 Å². The van der Waals surface area contributed by atoms with Gasteiger partial charge in [-0.15, -0.1) is 0 Å². The highest BCUT2D eigenvalue weighted by atomic mass is 15.4. The van der Waals surface area contributed by atoms with Gasteiger partial charge in [-0.2, -0.15) is 0 Å². The van der Waals surface area contributed by atoms with Crippen LogP contribution in [0.2, 0.25) is 0 Å². The van der Waals surface area contributed by atoms with Crippen LogP contribution in [0.15, 0.2) is 0 Å². The van der Waals surface area contributed by atoms with E-state index in [-0.39, 0.29) is 5.54 Å². The molecule has 2 heteroatoms. The van der Waals surface area contributed by atoms with Gasteiger partial charge in [-0.1, -0.05) is 32.1 Å². The van der Waals surface area contributed by atoms with Crippen molar-refractivity contribution in [3.63, 3.8) is 0 Å². The summed E-state index contributed by atoms with van der Waals surface area (Å²) in [5.74, 6) is 9.40. The van der Waals surface area contributed by atoms with Crippen LogP contribution in [0.25, 0.3) is 5.84 Å². The van der Waals surface area contributed by atoms with Crippen LogP contribution in [0.3, 0.4) is 0 Å². The van der Waals surface area contributed by atoms with Crippen LogP contribution in [-0.2, 0) is 0 Å². The van der Waals surface area contributed by atoms with E-state index in [0.717, 1.165) is 5.92 Å². The first-order valence-corrected chi connectivity index (χ1v) is 8.19. The first kappa shape index (κ1) is 12.5. The summed E-state index contributed by atoms with van der Waals surface area (Å²) in [4.78, 5) is 0. The zero-order valence-electron chi connectivity index (χ0n) is 11.7. The number of fused-ring (bicyclic) bond motifs is 1. The summed E-state index contributed by atoms with van der Waals surface area (Å²) in [6.07, 6.45) is 17.6. The van der Waals surface area contributed by atoms with E-state index in [1.54, 1.807) is 0 Å². The quantitative estimate of drug-likeness (QED) is 0.592. The van der Waals surface area contributed by atoms with Gasteiger partial charge in [-0.25, -0.2) is 0 Å². The van der Waals surface area contributed by atoms with Crippen LogP contribution in [-0.4, -0.2) is 15.9 Å². The SMILES string of the molecule is [NH-][N+]1=C2CCCCC1(C1CCCCCCC1)CC2. The molecule has 0 aromatic rings. The molecule has 1 unspecified atom stereocenters. The summed E-state index contributed by atoms with van der Waals surface area (Å²) in [5.41, 5.74) is 1.71. The van der Waals surface area contributed by atoms with E-state index in [1.165, 1.54) is 89.2 Å². The Hall–Kier alpha value is -0.530. The highest BCUT2D eigenvalue weighted by molar-refractivity contribution is 5.81. The molecule has 0 radical (unpaired) electrons. The number of nitrogens with zero attached hydrogens (tertiary/aromatic N) is 1. The molecule has 1 fully saturated rings. The van der Waals surface area contributed by atoms with Crippen LogP contribution < -0.4 is 0 Å². The molecule has 0 amide bonds. The fraction of sp³-hybridized carbons (Fsp3) is 0.938. The molecule has 1 N–H and O–H groups in total. The van der Waals surface area contributed by atoms with E-state index in [2.05, 4.69) is 0 Å². The fourth-order valence-corrected chi connectivity index (χ4v) is 4.72. The lowest BCUT2D eigenvalue weighted by Gasteiger charge is -2.37. The van der Waals surface area contributed by atoms with Gasteiger partial charge in [0.2, 0.25) is 0 Å². The van der Waals surface area contributed by atoms with Crippen molar-refractivity contribution in [3.8, 4) is 0 Å². The molecule has 2 bridgehead atoms. The molecule has 0 aromatic carbocycles. The third-order valence-corrected chi connectivity index (χ3v) is 5.80. The van der Waals surface area contributed by atoms with E-state index in [9.17, 15) is 0 Å². The lowest BCUT2D eigenvalue weighted by molar-refractivity contribution is -0.555. The van der Waals surface area contributed by atoms with Crippen LogP contribution in [0.4, 0.5) is 0 Å². The molecule has 1 atom stereocenters. The minimum Gasteiger partial charge on any atom is -0.454 e. The van der Waals surface area contributed by atoms with E-state index >= 15 is 0 Å². The van der Waals surface area contributed by atoms with E-state index < -0.39 is 0 Å². The normalized spacial score (nSPS) is 35.1. The van der Waals surface area contributed by atoms with Gasteiger partial charge in [0.25, 0.3) is 0 Å². The Morgan fingerprint density at radius 2 is 1.56 bits per heavy atom. The van der Waals surface area contributed by atoms with Crippen molar-refractivity contribution < 1.29 is 4.68 Å². The molecule has 2 aliphatic heterocycles. The summed E-state index contributed by atoms with van der Waals surface area (Å²) in [6.45, 7) is 0. The predicted molar refractivity (Wildman–Crippen MR) is 75.8 cm³/mol. The number of hydrogen-bond acceptors (Lipinski definition) is 0. The number of nitrogens with one attached hydrogen (secondary N) is 1. The van der Waals surface area contributed by atoms with Crippen molar-refractivity contribution >= 4 is 5.71 Å². The second kappa shape index (κ2) is 5.22. The van der Waals surface area contributed by atoms with Crippen molar-refractivity contribution in [2.75, 3.05) is 0 Å². The summed E-state index contributed by atoms with van der Waals surface area (Å²) < 4.78 is 2.02. The molecule has 1 aliphatic carbocycles. The molecule has 0 aromatic heterocycles. The largest absolute Gasteiger partial charge is 0.454 e. The molecule has 18 heavy (non-hydrogen) atoms. The zero-order chi connectivity index (χ0) is 12.4. The Balaban J connectivity index is 1.83. The minimum atomic E-state index is 0.253. The second-order valence-corrected chi connectivity index (χ2v) is 6.75. The molecule has 2 nitrogen and oxygen atoms in total. The average molecular weight is 248 g/mol. The Kier molecular flexibility index (Phi) is 3.63. The molecule has 0 saturated heterocycles. The smallest absolute Gasteiger partial charge is 0.160 e. The third-order valence-electron chi connectivity index (χ3n) is 5.80. The summed E-state index contributed by atoms with van der Waals surface area (Å²) >= 11 is 0. The molecule has 0 spiro atoms. The molecule has 102 valence electrons. The van der Waals surface area contributed by atoms with Gasteiger partial charge < -0.3 is 5.84 Å². The van der Waals surface area contributed by atoms with Gasteiger partial charge in [-0.3, -0.25) is 4.68 Å². The number of hydrogen-bond donors (Lipinski definition) is 0. The minimum absolute atomic E-state index is 0.253. The van der Waals surface area contributed by atoms with Crippen LogP contribution in [0.5, 0.6) is 0 Å². The Morgan fingerprint density at radius 1 is 0.833 bits per heavy atom. The monoisotopic (exact) mass is 248 g/mol. The first-order valence-electron chi connectivity index (χ1n) is 8.19. The van der Waals surface area contributed by atoms with Crippen LogP contribution in [0.1, 0.15) is 83.5 Å². The topological polar surface area (TPSA) is 26.8 Å². The Bertz CT molecular complexity index is 326. The maximum Gasteiger partial charge on any atom is 0.160 e. The van der Waals surface area contributed by atoms with Crippen molar-refractivity contribution in [2.24, 2.45) is 5.92 Å². The van der Waals surface area contributed by atoms with Gasteiger partial charge in [0.05, 0.1) is 0 Å². The highest BCUT2D eigenvalue weighted by Crippen LogP contribution is 2.45. The maximum atomic E-state index is 8.59. The molecular formula is C16H28N2. The van der Waals surface area contributed by atoms with Crippen molar-refractivity contribution in [1.29, 1.82) is 0 Å². The van der Waals surface area contributed by atoms with Crippen LogP contribution >= 0.6 is 0 Å². The van der Waals surface area contributed by atoms with Gasteiger partial charge in [0, 0.05) is 31.6 Å². The van der Waals surface area contributed by atoms with Gasteiger partial charge >= 0.3 is 0 Å². The molecule has 1 saturated carbocycles. The van der Waals surface area contributed by atoms with Gasteiger partial charge in [-0.05, 0) is 25.7 Å². The van der Waals surface area contributed by atoms with Gasteiger partial charge in [0.15, 0.2) is 5.54 Å². The summed E-state index contributed by atoms with van der Waals surface area (Å²) in [7, 11) is 0. The van der Waals surface area contributed by atoms with Gasteiger partial charge in [0.1, 0.15) is 5.71 Å². The second-order valence-electron chi connectivity index (χ2n) is 6.75. The van der Waals surface area contributed by atoms with Crippen LogP contribution in [0, 0.1) is 5.92 Å². The summed E-state index contributed by atoms with van der Waals surface area (Å²) in [5, 5.41) is 0. The first-order chi connectivity index (χ1) is 8.83.